The Labute approximate surface area is 116 Å². The molecule has 0 radical (unpaired) electrons. The maximum atomic E-state index is 10.7. The Balaban J connectivity index is 2.32. The molecule has 0 amide bonds. The standard InChI is InChI=1S/C13H15N3O4/c1-9-6-15(7-12(8-17)20-9)13-3-2-11(16(18)19)4-10(13)5-14/h2-4,9,12,17H,6-8H2,1H3. The normalized spacial score (nSPS) is 22.4. The van der Waals surface area contributed by atoms with Crippen molar-refractivity contribution in [3.05, 3.63) is 33.9 Å². The maximum absolute atomic E-state index is 10.7. The SMILES string of the molecule is CC1CN(c2ccc([N+](=O)[O-])cc2C#N)CC(CO)O1. The molecule has 0 aliphatic carbocycles. The second kappa shape index (κ2) is 5.86. The molecule has 0 aromatic heterocycles. The van der Waals surface area contributed by atoms with Crippen LogP contribution in [0.25, 0.3) is 0 Å². The fourth-order valence-corrected chi connectivity index (χ4v) is 2.35. The van der Waals surface area contributed by atoms with E-state index in [4.69, 9.17) is 10.00 Å². The van der Waals surface area contributed by atoms with Gasteiger partial charge < -0.3 is 14.7 Å². The monoisotopic (exact) mass is 277 g/mol. The summed E-state index contributed by atoms with van der Waals surface area (Å²) < 4.78 is 5.54. The summed E-state index contributed by atoms with van der Waals surface area (Å²) in [5.41, 5.74) is 0.780. The number of aliphatic hydroxyl groups excluding tert-OH is 1. The van der Waals surface area contributed by atoms with Crippen molar-refractivity contribution in [2.24, 2.45) is 0 Å². The molecule has 106 valence electrons. The molecule has 20 heavy (non-hydrogen) atoms. The number of morpholine rings is 1. The van der Waals surface area contributed by atoms with Gasteiger partial charge in [0.25, 0.3) is 5.69 Å². The van der Waals surface area contributed by atoms with Gasteiger partial charge in [0.15, 0.2) is 0 Å². The van der Waals surface area contributed by atoms with Gasteiger partial charge in [0, 0.05) is 25.2 Å². The molecule has 2 unspecified atom stereocenters. The van der Waals surface area contributed by atoms with Gasteiger partial charge in [-0.3, -0.25) is 10.1 Å². The van der Waals surface area contributed by atoms with Crippen LogP contribution in [0.4, 0.5) is 11.4 Å². The van der Waals surface area contributed by atoms with Gasteiger partial charge in [-0.2, -0.15) is 5.26 Å². The van der Waals surface area contributed by atoms with Crippen molar-refractivity contribution in [3.8, 4) is 6.07 Å². The van der Waals surface area contributed by atoms with Gasteiger partial charge in [-0.05, 0) is 13.0 Å². The van der Waals surface area contributed by atoms with Crippen LogP contribution < -0.4 is 4.90 Å². The minimum atomic E-state index is -0.525. The fourth-order valence-electron chi connectivity index (χ4n) is 2.35. The van der Waals surface area contributed by atoms with E-state index in [9.17, 15) is 15.2 Å². The van der Waals surface area contributed by atoms with Gasteiger partial charge in [-0.25, -0.2) is 0 Å². The third-order valence-corrected chi connectivity index (χ3v) is 3.18. The lowest BCUT2D eigenvalue weighted by molar-refractivity contribution is -0.384. The molecule has 2 atom stereocenters. The molecule has 0 spiro atoms. The molecule has 1 heterocycles. The molecule has 1 aromatic rings. The molecule has 2 rings (SSSR count). The third kappa shape index (κ3) is 2.87. The highest BCUT2D eigenvalue weighted by molar-refractivity contribution is 5.63. The summed E-state index contributed by atoms with van der Waals surface area (Å²) in [4.78, 5) is 12.1. The first-order valence-corrected chi connectivity index (χ1v) is 6.25. The third-order valence-electron chi connectivity index (χ3n) is 3.18. The molecule has 1 aliphatic heterocycles. The first-order valence-electron chi connectivity index (χ1n) is 6.25. The first-order chi connectivity index (χ1) is 9.55. The molecule has 1 saturated heterocycles. The second-order valence-corrected chi connectivity index (χ2v) is 4.73. The Bertz CT molecular complexity index is 555. The highest BCUT2D eigenvalue weighted by Crippen LogP contribution is 2.27. The van der Waals surface area contributed by atoms with Crippen molar-refractivity contribution >= 4 is 11.4 Å². The van der Waals surface area contributed by atoms with Crippen LogP contribution in [0.2, 0.25) is 0 Å². The van der Waals surface area contributed by atoms with Crippen molar-refractivity contribution in [1.29, 1.82) is 5.26 Å². The Kier molecular flexibility index (Phi) is 4.17. The fraction of sp³-hybridized carbons (Fsp3) is 0.462. The molecule has 1 aromatic carbocycles. The number of rotatable bonds is 3. The second-order valence-electron chi connectivity index (χ2n) is 4.73. The van der Waals surface area contributed by atoms with E-state index in [1.54, 1.807) is 6.07 Å². The van der Waals surface area contributed by atoms with E-state index in [-0.39, 0.29) is 30.1 Å². The zero-order valence-corrected chi connectivity index (χ0v) is 11.0. The Hall–Kier alpha value is -2.17. The van der Waals surface area contributed by atoms with Crippen molar-refractivity contribution in [2.75, 3.05) is 24.6 Å². The van der Waals surface area contributed by atoms with E-state index >= 15 is 0 Å². The van der Waals surface area contributed by atoms with Crippen LogP contribution in [0.15, 0.2) is 18.2 Å². The Morgan fingerprint density at radius 2 is 2.35 bits per heavy atom. The molecule has 0 saturated carbocycles. The van der Waals surface area contributed by atoms with Crippen molar-refractivity contribution in [1.82, 2.24) is 0 Å². The largest absolute Gasteiger partial charge is 0.394 e. The van der Waals surface area contributed by atoms with Crippen LogP contribution in [0.1, 0.15) is 12.5 Å². The first kappa shape index (κ1) is 14.2. The van der Waals surface area contributed by atoms with E-state index in [0.29, 0.717) is 18.8 Å². The number of nitrogens with zero attached hydrogens (tertiary/aromatic N) is 3. The summed E-state index contributed by atoms with van der Waals surface area (Å²) in [5, 5.41) is 29.1. The number of hydrogen-bond acceptors (Lipinski definition) is 6. The maximum Gasteiger partial charge on any atom is 0.270 e. The van der Waals surface area contributed by atoms with Gasteiger partial charge in [0.1, 0.15) is 6.07 Å². The molecule has 1 aliphatic rings. The van der Waals surface area contributed by atoms with Crippen LogP contribution in [-0.2, 0) is 4.74 Å². The Morgan fingerprint density at radius 1 is 1.60 bits per heavy atom. The van der Waals surface area contributed by atoms with Crippen molar-refractivity contribution in [3.63, 3.8) is 0 Å². The number of hydrogen-bond donors (Lipinski definition) is 1. The quantitative estimate of drug-likeness (QED) is 0.655. The molecule has 1 fully saturated rings. The number of nitro groups is 1. The lowest BCUT2D eigenvalue weighted by atomic mass is 10.1. The number of aliphatic hydroxyl groups is 1. The highest BCUT2D eigenvalue weighted by Gasteiger charge is 2.26. The predicted molar refractivity (Wildman–Crippen MR) is 71.4 cm³/mol. The highest BCUT2D eigenvalue weighted by atomic mass is 16.6. The van der Waals surface area contributed by atoms with E-state index in [1.807, 2.05) is 17.9 Å². The zero-order valence-electron chi connectivity index (χ0n) is 11.0. The topological polar surface area (TPSA) is 99.6 Å². The summed E-state index contributed by atoms with van der Waals surface area (Å²) in [5.74, 6) is 0. The van der Waals surface area contributed by atoms with Crippen LogP contribution in [0, 0.1) is 21.4 Å². The molecule has 7 heteroatoms. The lowest BCUT2D eigenvalue weighted by Crippen LogP contribution is -2.48. The van der Waals surface area contributed by atoms with Gasteiger partial charge in [0.05, 0.1) is 35.0 Å². The van der Waals surface area contributed by atoms with Gasteiger partial charge in [0.2, 0.25) is 0 Å². The average molecular weight is 277 g/mol. The molecule has 7 nitrogen and oxygen atoms in total. The van der Waals surface area contributed by atoms with E-state index in [0.717, 1.165) is 0 Å². The van der Waals surface area contributed by atoms with Gasteiger partial charge in [-0.15, -0.1) is 0 Å². The van der Waals surface area contributed by atoms with Crippen molar-refractivity contribution < 1.29 is 14.8 Å². The van der Waals surface area contributed by atoms with E-state index in [2.05, 4.69) is 0 Å². The van der Waals surface area contributed by atoms with Gasteiger partial charge in [-0.1, -0.05) is 0 Å². The van der Waals surface area contributed by atoms with Crippen LogP contribution in [0.5, 0.6) is 0 Å². The summed E-state index contributed by atoms with van der Waals surface area (Å²) in [7, 11) is 0. The minimum Gasteiger partial charge on any atom is -0.394 e. The van der Waals surface area contributed by atoms with Gasteiger partial charge >= 0.3 is 0 Å². The van der Waals surface area contributed by atoms with E-state index < -0.39 is 4.92 Å². The summed E-state index contributed by atoms with van der Waals surface area (Å²) in [6.45, 7) is 2.80. The lowest BCUT2D eigenvalue weighted by Gasteiger charge is -2.37. The smallest absolute Gasteiger partial charge is 0.270 e. The Morgan fingerprint density at radius 3 is 2.95 bits per heavy atom. The number of anilines is 1. The predicted octanol–water partition coefficient (Wildman–Crippen LogP) is 1.05. The van der Waals surface area contributed by atoms with Crippen molar-refractivity contribution in [2.45, 2.75) is 19.1 Å². The summed E-state index contributed by atoms with van der Waals surface area (Å²) >= 11 is 0. The minimum absolute atomic E-state index is 0.0809. The molecular formula is C13H15N3O4. The van der Waals surface area contributed by atoms with Crippen LogP contribution in [-0.4, -0.2) is 41.9 Å². The number of non-ortho nitro benzene ring substituents is 1. The average Bonchev–Trinajstić information content (AvgIpc) is 2.45. The van der Waals surface area contributed by atoms with Crippen LogP contribution in [0.3, 0.4) is 0 Å². The molecule has 1 N–H and O–H groups in total. The number of nitriles is 1. The number of benzene rings is 1. The van der Waals surface area contributed by atoms with E-state index in [1.165, 1.54) is 12.1 Å². The number of ether oxygens (including phenoxy) is 1. The summed E-state index contributed by atoms with van der Waals surface area (Å²) in [6.07, 6.45) is -0.400. The van der Waals surface area contributed by atoms with Crippen LogP contribution >= 0.6 is 0 Å². The zero-order chi connectivity index (χ0) is 14.7. The molecule has 0 bridgehead atoms. The number of nitro benzene ring substituents is 1. The molecular weight excluding hydrogens is 262 g/mol. The summed E-state index contributed by atoms with van der Waals surface area (Å²) in [6, 6.07) is 6.21.